The van der Waals surface area contributed by atoms with Crippen molar-refractivity contribution >= 4 is 17.5 Å². The number of carbonyl (C=O) groups excluding carboxylic acids is 2. The fourth-order valence-electron chi connectivity index (χ4n) is 3.90. The van der Waals surface area contributed by atoms with Gasteiger partial charge in [-0.15, -0.1) is 0 Å². The number of hydrogen-bond donors (Lipinski definition) is 1. The van der Waals surface area contributed by atoms with Crippen LogP contribution in [0.2, 0.25) is 0 Å². The van der Waals surface area contributed by atoms with Crippen molar-refractivity contribution in [2.45, 2.75) is 19.4 Å². The van der Waals surface area contributed by atoms with Gasteiger partial charge in [-0.3, -0.25) is 14.6 Å². The molecule has 140 valence electrons. The number of rotatable bonds is 4. The number of amides is 2. The third-order valence-electron chi connectivity index (χ3n) is 5.44. The molecule has 6 nitrogen and oxygen atoms in total. The molecule has 0 saturated carbocycles. The molecular formula is C21H25N4O2+. The number of hydrogen-bond acceptors (Lipinski definition) is 3. The first-order valence-corrected chi connectivity index (χ1v) is 9.63. The second-order valence-electron chi connectivity index (χ2n) is 7.27. The van der Waals surface area contributed by atoms with Crippen LogP contribution in [0.4, 0.5) is 5.69 Å². The smallest absolute Gasteiger partial charge is 0.254 e. The van der Waals surface area contributed by atoms with Gasteiger partial charge in [0.2, 0.25) is 5.91 Å². The lowest BCUT2D eigenvalue weighted by atomic mass is 10.1. The molecule has 2 amide bonds. The van der Waals surface area contributed by atoms with Gasteiger partial charge < -0.3 is 14.7 Å². The highest BCUT2D eigenvalue weighted by Crippen LogP contribution is 2.22. The van der Waals surface area contributed by atoms with E-state index in [1.807, 2.05) is 41.6 Å². The maximum absolute atomic E-state index is 12.9. The lowest BCUT2D eigenvalue weighted by Crippen LogP contribution is -3.13. The van der Waals surface area contributed by atoms with Gasteiger partial charge in [0.1, 0.15) is 6.54 Å². The summed E-state index contributed by atoms with van der Waals surface area (Å²) >= 11 is 0. The Kier molecular flexibility index (Phi) is 5.16. The second kappa shape index (κ2) is 7.88. The molecular weight excluding hydrogens is 340 g/mol. The van der Waals surface area contributed by atoms with E-state index in [1.54, 1.807) is 4.90 Å². The molecule has 0 radical (unpaired) electrons. The van der Waals surface area contributed by atoms with Crippen molar-refractivity contribution in [3.63, 3.8) is 0 Å². The Bertz CT molecular complexity index is 816. The highest BCUT2D eigenvalue weighted by Gasteiger charge is 2.26. The second-order valence-corrected chi connectivity index (χ2v) is 7.27. The molecule has 4 rings (SSSR count). The van der Waals surface area contributed by atoms with E-state index >= 15 is 0 Å². The maximum atomic E-state index is 12.9. The van der Waals surface area contributed by atoms with E-state index in [4.69, 9.17) is 0 Å². The van der Waals surface area contributed by atoms with Crippen LogP contribution < -0.4 is 9.80 Å². The molecule has 3 heterocycles. The Morgan fingerprint density at radius 2 is 1.85 bits per heavy atom. The van der Waals surface area contributed by atoms with E-state index in [0.717, 1.165) is 51.4 Å². The first kappa shape index (κ1) is 17.7. The highest BCUT2D eigenvalue weighted by molar-refractivity contribution is 5.99. The SMILES string of the molecule is O=C(c1cccc(N2CCCC2=O)c1)N1CC[NH+](Cc2ccncc2)CC1. The molecule has 27 heavy (non-hydrogen) atoms. The normalized spacial score (nSPS) is 18.1. The number of aromatic nitrogens is 1. The van der Waals surface area contributed by atoms with Crippen molar-refractivity contribution in [1.82, 2.24) is 9.88 Å². The third kappa shape index (κ3) is 4.01. The Balaban J connectivity index is 1.37. The molecule has 1 aromatic heterocycles. The van der Waals surface area contributed by atoms with Crippen LogP contribution in [0.15, 0.2) is 48.8 Å². The van der Waals surface area contributed by atoms with Crippen molar-refractivity contribution in [2.75, 3.05) is 37.6 Å². The molecule has 2 aromatic rings. The summed E-state index contributed by atoms with van der Waals surface area (Å²) in [6.07, 6.45) is 5.14. The molecule has 2 fully saturated rings. The molecule has 2 saturated heterocycles. The van der Waals surface area contributed by atoms with Crippen LogP contribution in [-0.4, -0.2) is 54.4 Å². The Hall–Kier alpha value is -2.73. The molecule has 1 aromatic carbocycles. The van der Waals surface area contributed by atoms with Crippen LogP contribution in [0.1, 0.15) is 28.8 Å². The first-order valence-electron chi connectivity index (χ1n) is 9.63. The predicted molar refractivity (Wildman–Crippen MR) is 103 cm³/mol. The number of quaternary nitrogens is 1. The molecule has 0 unspecified atom stereocenters. The van der Waals surface area contributed by atoms with Gasteiger partial charge in [-0.05, 0) is 36.8 Å². The van der Waals surface area contributed by atoms with Crippen molar-refractivity contribution in [3.05, 3.63) is 59.9 Å². The van der Waals surface area contributed by atoms with Crippen LogP contribution in [0.25, 0.3) is 0 Å². The van der Waals surface area contributed by atoms with Crippen molar-refractivity contribution in [1.29, 1.82) is 0 Å². The van der Waals surface area contributed by atoms with Crippen LogP contribution >= 0.6 is 0 Å². The summed E-state index contributed by atoms with van der Waals surface area (Å²) in [6, 6.07) is 11.6. The quantitative estimate of drug-likeness (QED) is 0.870. The number of benzene rings is 1. The van der Waals surface area contributed by atoms with E-state index in [1.165, 1.54) is 10.5 Å². The van der Waals surface area contributed by atoms with Gasteiger partial charge in [-0.25, -0.2) is 0 Å². The standard InChI is InChI=1S/C21H24N4O2/c26-20-5-2-10-25(20)19-4-1-3-18(15-19)21(27)24-13-11-23(12-14-24)16-17-6-8-22-9-7-17/h1,3-4,6-9,15H,2,5,10-14,16H2/p+1. The molecule has 0 bridgehead atoms. The molecule has 1 N–H and O–H groups in total. The lowest BCUT2D eigenvalue weighted by Gasteiger charge is -2.32. The number of nitrogens with zero attached hydrogens (tertiary/aromatic N) is 3. The zero-order valence-corrected chi connectivity index (χ0v) is 15.4. The Labute approximate surface area is 159 Å². The third-order valence-corrected chi connectivity index (χ3v) is 5.44. The maximum Gasteiger partial charge on any atom is 0.254 e. The van der Waals surface area contributed by atoms with Gasteiger partial charge >= 0.3 is 0 Å². The zero-order chi connectivity index (χ0) is 18.6. The van der Waals surface area contributed by atoms with Gasteiger partial charge in [0, 0.05) is 42.2 Å². The molecule has 2 aliphatic rings. The molecule has 0 atom stereocenters. The fraction of sp³-hybridized carbons (Fsp3) is 0.381. The summed E-state index contributed by atoms with van der Waals surface area (Å²) in [5, 5.41) is 0. The zero-order valence-electron chi connectivity index (χ0n) is 15.4. The van der Waals surface area contributed by atoms with Gasteiger partial charge in [0.15, 0.2) is 0 Å². The monoisotopic (exact) mass is 365 g/mol. The van der Waals surface area contributed by atoms with Crippen molar-refractivity contribution in [2.24, 2.45) is 0 Å². The van der Waals surface area contributed by atoms with E-state index in [0.29, 0.717) is 12.0 Å². The highest BCUT2D eigenvalue weighted by atomic mass is 16.2. The van der Waals surface area contributed by atoms with Crippen LogP contribution in [0, 0.1) is 0 Å². The van der Waals surface area contributed by atoms with E-state index < -0.39 is 0 Å². The van der Waals surface area contributed by atoms with Crippen molar-refractivity contribution < 1.29 is 14.5 Å². The molecule has 2 aliphatic heterocycles. The minimum Gasteiger partial charge on any atom is -0.328 e. The number of piperazine rings is 1. The van der Waals surface area contributed by atoms with E-state index in [-0.39, 0.29) is 11.8 Å². The molecule has 0 spiro atoms. The van der Waals surface area contributed by atoms with Crippen LogP contribution in [0.5, 0.6) is 0 Å². The van der Waals surface area contributed by atoms with Gasteiger partial charge in [-0.1, -0.05) is 6.07 Å². The van der Waals surface area contributed by atoms with Gasteiger partial charge in [0.25, 0.3) is 5.91 Å². The fourth-order valence-corrected chi connectivity index (χ4v) is 3.90. The number of pyridine rings is 1. The summed E-state index contributed by atoms with van der Waals surface area (Å²) in [7, 11) is 0. The average Bonchev–Trinajstić information content (AvgIpc) is 3.15. The average molecular weight is 365 g/mol. The largest absolute Gasteiger partial charge is 0.328 e. The van der Waals surface area contributed by atoms with Crippen LogP contribution in [0.3, 0.4) is 0 Å². The molecule has 0 aliphatic carbocycles. The lowest BCUT2D eigenvalue weighted by molar-refractivity contribution is -0.917. The summed E-state index contributed by atoms with van der Waals surface area (Å²) in [4.78, 5) is 34.2. The van der Waals surface area contributed by atoms with Crippen molar-refractivity contribution in [3.8, 4) is 0 Å². The minimum absolute atomic E-state index is 0.0615. The summed E-state index contributed by atoms with van der Waals surface area (Å²) in [5.41, 5.74) is 2.79. The Morgan fingerprint density at radius 1 is 1.07 bits per heavy atom. The number of anilines is 1. The number of nitrogens with one attached hydrogen (secondary N) is 1. The van der Waals surface area contributed by atoms with E-state index in [9.17, 15) is 9.59 Å². The minimum atomic E-state index is 0.0615. The molecule has 6 heteroatoms. The van der Waals surface area contributed by atoms with E-state index in [2.05, 4.69) is 17.1 Å². The summed E-state index contributed by atoms with van der Waals surface area (Å²) in [6.45, 7) is 5.11. The first-order chi connectivity index (χ1) is 13.2. The summed E-state index contributed by atoms with van der Waals surface area (Å²) in [5.74, 6) is 0.208. The topological polar surface area (TPSA) is 58.0 Å². The summed E-state index contributed by atoms with van der Waals surface area (Å²) < 4.78 is 0. The van der Waals surface area contributed by atoms with Gasteiger partial charge in [0.05, 0.1) is 26.2 Å². The van der Waals surface area contributed by atoms with Gasteiger partial charge in [-0.2, -0.15) is 0 Å². The Morgan fingerprint density at radius 3 is 2.56 bits per heavy atom. The van der Waals surface area contributed by atoms with Crippen LogP contribution in [-0.2, 0) is 11.3 Å². The predicted octanol–water partition coefficient (Wildman–Crippen LogP) is 0.749. The number of carbonyl (C=O) groups is 2.